The van der Waals surface area contributed by atoms with Crippen molar-refractivity contribution in [1.82, 2.24) is 0 Å². The van der Waals surface area contributed by atoms with Gasteiger partial charge in [0, 0.05) is 16.7 Å². The summed E-state index contributed by atoms with van der Waals surface area (Å²) in [4.78, 5) is 24.1. The maximum atomic E-state index is 12.2. The highest BCUT2D eigenvalue weighted by Gasteiger charge is 2.90. The summed E-state index contributed by atoms with van der Waals surface area (Å²) in [6.07, 6.45) is 5.72. The van der Waals surface area contributed by atoms with Crippen LogP contribution in [0.1, 0.15) is 33.6 Å². The summed E-state index contributed by atoms with van der Waals surface area (Å²) < 4.78 is 5.67. The molecule has 0 bridgehead atoms. The van der Waals surface area contributed by atoms with Crippen molar-refractivity contribution in [3.63, 3.8) is 0 Å². The molecule has 0 radical (unpaired) electrons. The Kier molecular flexibility index (Phi) is 1.55. The second kappa shape index (κ2) is 2.59. The fraction of sp³-hybridized carbons (Fsp3) is 0.733. The molecule has 0 aromatic heterocycles. The van der Waals surface area contributed by atoms with Crippen molar-refractivity contribution in [3.8, 4) is 0 Å². The molecule has 1 saturated heterocycles. The van der Waals surface area contributed by atoms with Crippen LogP contribution in [0.15, 0.2) is 12.2 Å². The summed E-state index contributed by atoms with van der Waals surface area (Å²) in [5, 5.41) is 0. The van der Waals surface area contributed by atoms with E-state index in [1.807, 2.05) is 6.92 Å². The van der Waals surface area contributed by atoms with Gasteiger partial charge in [0.15, 0.2) is 5.78 Å². The number of rotatable bonds is 0. The molecule has 3 fully saturated rings. The highest BCUT2D eigenvalue weighted by molar-refractivity contribution is 6.04. The Morgan fingerprint density at radius 3 is 2.78 bits per heavy atom. The van der Waals surface area contributed by atoms with Gasteiger partial charge >= 0.3 is 5.97 Å². The molecule has 3 aliphatic carbocycles. The monoisotopic (exact) mass is 246 g/mol. The van der Waals surface area contributed by atoms with Crippen LogP contribution in [-0.4, -0.2) is 17.9 Å². The number of carbonyl (C=O) groups excluding carboxylic acids is 2. The molecule has 2 saturated carbocycles. The number of fused-ring (bicyclic) bond motifs is 2. The molecule has 6 atom stereocenters. The quantitative estimate of drug-likeness (QED) is 0.615. The van der Waals surface area contributed by atoms with E-state index in [2.05, 4.69) is 19.9 Å². The Morgan fingerprint density at radius 1 is 1.33 bits per heavy atom. The van der Waals surface area contributed by atoms with Gasteiger partial charge in [0.25, 0.3) is 0 Å². The van der Waals surface area contributed by atoms with Crippen LogP contribution >= 0.6 is 0 Å². The number of hydrogen-bond donors (Lipinski definition) is 0. The minimum absolute atomic E-state index is 0.00264. The zero-order valence-electron chi connectivity index (χ0n) is 11.0. The van der Waals surface area contributed by atoms with Gasteiger partial charge in [0.05, 0.1) is 5.92 Å². The van der Waals surface area contributed by atoms with Crippen molar-refractivity contribution < 1.29 is 14.3 Å². The molecule has 4 aliphatic rings. The van der Waals surface area contributed by atoms with E-state index in [0.29, 0.717) is 5.92 Å². The predicted molar refractivity (Wildman–Crippen MR) is 64.6 cm³/mol. The molecule has 18 heavy (non-hydrogen) atoms. The molecule has 1 heterocycles. The minimum Gasteiger partial charge on any atom is -0.461 e. The Balaban J connectivity index is 1.87. The molecular formula is C15H18O3. The molecule has 0 aromatic carbocycles. The normalized spacial score (nSPS) is 60.1. The second-order valence-electron chi connectivity index (χ2n) is 6.87. The lowest BCUT2D eigenvalue weighted by molar-refractivity contribution is -0.146. The Bertz CT molecular complexity index is 522. The summed E-state index contributed by atoms with van der Waals surface area (Å²) >= 11 is 0. The molecule has 1 aliphatic heterocycles. The fourth-order valence-electron chi connectivity index (χ4n) is 5.45. The predicted octanol–water partition coefficient (Wildman–Crippen LogP) is 2.11. The maximum Gasteiger partial charge on any atom is 0.309 e. The number of allylic oxidation sites excluding steroid dienone is 1. The smallest absolute Gasteiger partial charge is 0.309 e. The molecule has 0 unspecified atom stereocenters. The first-order valence-corrected chi connectivity index (χ1v) is 6.84. The molecule has 3 nitrogen and oxygen atoms in total. The third kappa shape index (κ3) is 0.703. The van der Waals surface area contributed by atoms with Gasteiger partial charge in [-0.3, -0.25) is 9.59 Å². The van der Waals surface area contributed by atoms with Crippen LogP contribution in [0, 0.1) is 28.1 Å². The zero-order valence-corrected chi connectivity index (χ0v) is 11.0. The van der Waals surface area contributed by atoms with Gasteiger partial charge in [-0.25, -0.2) is 0 Å². The highest BCUT2D eigenvalue weighted by Crippen LogP contribution is 2.87. The van der Waals surface area contributed by atoms with Gasteiger partial charge in [-0.1, -0.05) is 26.8 Å². The largest absolute Gasteiger partial charge is 0.461 e. The van der Waals surface area contributed by atoms with Crippen molar-refractivity contribution in [3.05, 3.63) is 12.2 Å². The van der Waals surface area contributed by atoms with Gasteiger partial charge in [-0.2, -0.15) is 0 Å². The van der Waals surface area contributed by atoms with Gasteiger partial charge in [-0.15, -0.1) is 0 Å². The van der Waals surface area contributed by atoms with Crippen molar-refractivity contribution in [2.45, 2.75) is 39.7 Å². The van der Waals surface area contributed by atoms with Crippen LogP contribution in [0.25, 0.3) is 0 Å². The van der Waals surface area contributed by atoms with E-state index in [-0.39, 0.29) is 40.0 Å². The first kappa shape index (κ1) is 10.8. The first-order chi connectivity index (χ1) is 8.40. The molecule has 96 valence electrons. The molecule has 0 aromatic rings. The number of ketones is 1. The van der Waals surface area contributed by atoms with Crippen LogP contribution < -0.4 is 0 Å². The van der Waals surface area contributed by atoms with Crippen molar-refractivity contribution in [1.29, 1.82) is 0 Å². The van der Waals surface area contributed by atoms with E-state index in [1.165, 1.54) is 0 Å². The van der Waals surface area contributed by atoms with Gasteiger partial charge in [0.1, 0.15) is 6.10 Å². The van der Waals surface area contributed by atoms with E-state index >= 15 is 0 Å². The number of hydrogen-bond acceptors (Lipinski definition) is 3. The zero-order chi connectivity index (χ0) is 12.9. The van der Waals surface area contributed by atoms with E-state index in [1.54, 1.807) is 6.08 Å². The molecule has 3 heteroatoms. The summed E-state index contributed by atoms with van der Waals surface area (Å²) in [5.74, 6) is 0.428. The fourth-order valence-corrected chi connectivity index (χ4v) is 5.45. The summed E-state index contributed by atoms with van der Waals surface area (Å²) in [6, 6.07) is 0. The second-order valence-corrected chi connectivity index (χ2v) is 6.87. The van der Waals surface area contributed by atoms with E-state index in [0.717, 1.165) is 12.8 Å². The van der Waals surface area contributed by atoms with Crippen molar-refractivity contribution in [2.24, 2.45) is 28.1 Å². The Labute approximate surface area is 107 Å². The van der Waals surface area contributed by atoms with Crippen LogP contribution in [0.4, 0.5) is 0 Å². The van der Waals surface area contributed by atoms with Crippen LogP contribution in [0.5, 0.6) is 0 Å². The van der Waals surface area contributed by atoms with E-state index in [4.69, 9.17) is 4.74 Å². The highest BCUT2D eigenvalue weighted by atomic mass is 16.6. The minimum atomic E-state index is -0.330. The first-order valence-electron chi connectivity index (χ1n) is 6.84. The summed E-state index contributed by atoms with van der Waals surface area (Å²) in [6.45, 7) is 6.22. The number of carbonyl (C=O) groups is 2. The van der Waals surface area contributed by atoms with Crippen LogP contribution in [0.3, 0.4) is 0 Å². The molecule has 0 amide bonds. The lowest BCUT2D eigenvalue weighted by atomic mass is 9.70. The molecule has 0 N–H and O–H groups in total. The average Bonchev–Trinajstić information content (AvgIpc) is 2.56. The Hall–Kier alpha value is -1.12. The number of ether oxygens (including phenoxy) is 1. The summed E-state index contributed by atoms with van der Waals surface area (Å²) in [7, 11) is 0. The van der Waals surface area contributed by atoms with Gasteiger partial charge in [-0.05, 0) is 24.3 Å². The third-order valence-electron chi connectivity index (χ3n) is 6.84. The van der Waals surface area contributed by atoms with Crippen LogP contribution in [-0.2, 0) is 14.3 Å². The van der Waals surface area contributed by atoms with Crippen LogP contribution in [0.2, 0.25) is 0 Å². The van der Waals surface area contributed by atoms with Gasteiger partial charge in [0.2, 0.25) is 0 Å². The van der Waals surface area contributed by atoms with E-state index in [9.17, 15) is 9.59 Å². The van der Waals surface area contributed by atoms with Gasteiger partial charge < -0.3 is 4.74 Å². The average molecular weight is 246 g/mol. The SMILES string of the molecule is C[C@@H]1C(=O)O[C@H]2[C@H]1CC[C@]1(C)[C@@]3(C)C(=O)C=C[C@@]213. The molecule has 4 rings (SSSR count). The lowest BCUT2D eigenvalue weighted by Crippen LogP contribution is -2.36. The Morgan fingerprint density at radius 2 is 2.06 bits per heavy atom. The number of esters is 1. The molecule has 1 spiro atoms. The van der Waals surface area contributed by atoms with Crippen molar-refractivity contribution in [2.75, 3.05) is 0 Å². The summed E-state index contributed by atoms with van der Waals surface area (Å²) in [5.41, 5.74) is -0.540. The topological polar surface area (TPSA) is 43.4 Å². The van der Waals surface area contributed by atoms with Crippen molar-refractivity contribution >= 4 is 11.8 Å². The molecular weight excluding hydrogens is 228 g/mol. The lowest BCUT2D eigenvalue weighted by Gasteiger charge is -2.34. The van der Waals surface area contributed by atoms with E-state index < -0.39 is 0 Å². The maximum absolute atomic E-state index is 12.2. The standard InChI is InChI=1S/C15H18O3/c1-8-9-4-6-13(2)14(3)10(16)5-7-15(13,14)11(9)18-12(8)17/h5,7-9,11H,4,6H2,1-3H3/t8-,9-,11-,13+,14+,15+/m0/s1. The third-order valence-corrected chi connectivity index (χ3v) is 6.84.